The SMILES string of the molecule is CC(C)=CCc1c(C)c(N=O)c(C)c(C)c1NO. The Hall–Kier alpha value is -1.68. The maximum absolute atomic E-state index is 10.9. The average molecular weight is 248 g/mol. The highest BCUT2D eigenvalue weighted by atomic mass is 16.5. The molecule has 1 aromatic carbocycles. The Kier molecular flexibility index (Phi) is 4.62. The van der Waals surface area contributed by atoms with E-state index >= 15 is 0 Å². The summed E-state index contributed by atoms with van der Waals surface area (Å²) in [6.07, 6.45) is 2.73. The van der Waals surface area contributed by atoms with E-state index in [1.165, 1.54) is 5.57 Å². The minimum atomic E-state index is 0.476. The molecule has 18 heavy (non-hydrogen) atoms. The fourth-order valence-corrected chi connectivity index (χ4v) is 2.05. The number of rotatable bonds is 4. The summed E-state index contributed by atoms with van der Waals surface area (Å²) in [7, 11) is 0. The van der Waals surface area contributed by atoms with Crippen molar-refractivity contribution in [3.05, 3.63) is 38.8 Å². The molecule has 4 heteroatoms. The largest absolute Gasteiger partial charge is 0.291 e. The zero-order chi connectivity index (χ0) is 13.9. The van der Waals surface area contributed by atoms with Gasteiger partial charge in [0, 0.05) is 0 Å². The Morgan fingerprint density at radius 2 is 1.83 bits per heavy atom. The van der Waals surface area contributed by atoms with Crippen LogP contribution in [0.2, 0.25) is 0 Å². The van der Waals surface area contributed by atoms with Crippen LogP contribution in [0.25, 0.3) is 0 Å². The zero-order valence-corrected chi connectivity index (χ0v) is 11.6. The summed E-state index contributed by atoms with van der Waals surface area (Å²) in [6, 6.07) is 0. The lowest BCUT2D eigenvalue weighted by molar-refractivity contribution is 0.387. The standard InChI is InChI=1S/C14H20N2O2/c1-8(2)6-7-12-11(5)13(15-17)9(3)10(4)14(12)16-18/h6,16,18H,7H2,1-5H3. The molecule has 0 fully saturated rings. The molecule has 0 spiro atoms. The zero-order valence-electron chi connectivity index (χ0n) is 11.6. The molecule has 98 valence electrons. The Morgan fingerprint density at radius 3 is 2.28 bits per heavy atom. The second kappa shape index (κ2) is 5.78. The van der Waals surface area contributed by atoms with Gasteiger partial charge in [0.15, 0.2) is 0 Å². The number of nitroso groups, excluding NO2 is 1. The van der Waals surface area contributed by atoms with E-state index < -0.39 is 0 Å². The van der Waals surface area contributed by atoms with E-state index in [4.69, 9.17) is 0 Å². The number of hydrogen-bond acceptors (Lipinski definition) is 4. The summed E-state index contributed by atoms with van der Waals surface area (Å²) in [5.74, 6) is 0. The lowest BCUT2D eigenvalue weighted by Crippen LogP contribution is -2.03. The third-order valence-electron chi connectivity index (χ3n) is 3.32. The topological polar surface area (TPSA) is 61.7 Å². The fourth-order valence-electron chi connectivity index (χ4n) is 2.05. The first kappa shape index (κ1) is 14.4. The first-order valence-corrected chi connectivity index (χ1v) is 5.93. The second-order valence-corrected chi connectivity index (χ2v) is 4.77. The van der Waals surface area contributed by atoms with Gasteiger partial charge in [-0.25, -0.2) is 0 Å². The van der Waals surface area contributed by atoms with Crippen molar-refractivity contribution in [2.24, 2.45) is 5.18 Å². The molecule has 0 unspecified atom stereocenters. The van der Waals surface area contributed by atoms with Crippen molar-refractivity contribution in [3.8, 4) is 0 Å². The maximum Gasteiger partial charge on any atom is 0.114 e. The van der Waals surface area contributed by atoms with Crippen molar-refractivity contribution < 1.29 is 5.21 Å². The van der Waals surface area contributed by atoms with Gasteiger partial charge in [-0.05, 0) is 68.5 Å². The van der Waals surface area contributed by atoms with Crippen LogP contribution in [0.5, 0.6) is 0 Å². The van der Waals surface area contributed by atoms with E-state index in [0.717, 1.165) is 22.3 Å². The monoisotopic (exact) mass is 248 g/mol. The van der Waals surface area contributed by atoms with E-state index in [9.17, 15) is 10.1 Å². The predicted octanol–water partition coefficient (Wildman–Crippen LogP) is 4.32. The number of hydrogen-bond donors (Lipinski definition) is 2. The maximum atomic E-state index is 10.9. The molecule has 0 aliphatic carbocycles. The van der Waals surface area contributed by atoms with Crippen LogP contribution in [-0.4, -0.2) is 5.21 Å². The Morgan fingerprint density at radius 1 is 1.22 bits per heavy atom. The van der Waals surface area contributed by atoms with Crippen LogP contribution < -0.4 is 5.48 Å². The Labute approximate surface area is 108 Å². The van der Waals surface area contributed by atoms with Crippen LogP contribution in [0, 0.1) is 25.7 Å². The molecule has 0 saturated carbocycles. The van der Waals surface area contributed by atoms with Crippen LogP contribution in [0.3, 0.4) is 0 Å². The van der Waals surface area contributed by atoms with Gasteiger partial charge in [0.05, 0.1) is 5.69 Å². The lowest BCUT2D eigenvalue weighted by atomic mass is 9.93. The first-order valence-electron chi connectivity index (χ1n) is 5.93. The van der Waals surface area contributed by atoms with Gasteiger partial charge in [0.2, 0.25) is 0 Å². The molecule has 0 atom stereocenters. The highest BCUT2D eigenvalue weighted by Crippen LogP contribution is 2.36. The van der Waals surface area contributed by atoms with E-state index in [1.54, 1.807) is 0 Å². The van der Waals surface area contributed by atoms with Crippen molar-refractivity contribution in [3.63, 3.8) is 0 Å². The summed E-state index contributed by atoms with van der Waals surface area (Å²) in [5, 5.41) is 12.4. The Balaban J connectivity index is 3.51. The van der Waals surface area contributed by atoms with Gasteiger partial charge >= 0.3 is 0 Å². The number of allylic oxidation sites excluding steroid dienone is 2. The molecule has 4 nitrogen and oxygen atoms in total. The quantitative estimate of drug-likeness (QED) is 0.474. The molecule has 0 aromatic heterocycles. The normalized spacial score (nSPS) is 10.1. The molecule has 2 N–H and O–H groups in total. The first-order chi connectivity index (χ1) is 8.43. The van der Waals surface area contributed by atoms with Crippen LogP contribution in [-0.2, 0) is 6.42 Å². The van der Waals surface area contributed by atoms with Gasteiger partial charge in [-0.1, -0.05) is 11.6 Å². The average Bonchev–Trinajstić information content (AvgIpc) is 2.32. The highest BCUT2D eigenvalue weighted by molar-refractivity contribution is 5.71. The number of benzene rings is 1. The van der Waals surface area contributed by atoms with Crippen LogP contribution in [0.1, 0.15) is 36.1 Å². The minimum Gasteiger partial charge on any atom is -0.291 e. The smallest absolute Gasteiger partial charge is 0.114 e. The van der Waals surface area contributed by atoms with Crippen molar-refractivity contribution in [2.45, 2.75) is 41.0 Å². The molecule has 0 bridgehead atoms. The summed E-state index contributed by atoms with van der Waals surface area (Å²) < 4.78 is 0. The van der Waals surface area contributed by atoms with Gasteiger partial charge < -0.3 is 0 Å². The minimum absolute atomic E-state index is 0.476. The predicted molar refractivity (Wildman–Crippen MR) is 74.7 cm³/mol. The number of nitrogens with one attached hydrogen (secondary N) is 1. The second-order valence-electron chi connectivity index (χ2n) is 4.77. The summed E-state index contributed by atoms with van der Waals surface area (Å²) in [6.45, 7) is 9.60. The van der Waals surface area contributed by atoms with Gasteiger partial charge in [-0.3, -0.25) is 10.7 Å². The van der Waals surface area contributed by atoms with Crippen LogP contribution >= 0.6 is 0 Å². The van der Waals surface area contributed by atoms with E-state index in [2.05, 4.69) is 16.7 Å². The summed E-state index contributed by atoms with van der Waals surface area (Å²) in [5.41, 5.74) is 7.99. The summed E-state index contributed by atoms with van der Waals surface area (Å²) >= 11 is 0. The molecule has 0 aliphatic rings. The number of anilines is 1. The molecule has 0 heterocycles. The van der Waals surface area contributed by atoms with E-state index in [1.807, 2.05) is 34.6 Å². The van der Waals surface area contributed by atoms with Crippen molar-refractivity contribution >= 4 is 11.4 Å². The molecular weight excluding hydrogens is 228 g/mol. The fraction of sp³-hybridized carbons (Fsp3) is 0.429. The molecule has 0 aliphatic heterocycles. The summed E-state index contributed by atoms with van der Waals surface area (Å²) in [4.78, 5) is 10.9. The third kappa shape index (κ3) is 2.59. The molecule has 0 saturated heterocycles. The van der Waals surface area contributed by atoms with Crippen molar-refractivity contribution in [2.75, 3.05) is 5.48 Å². The van der Waals surface area contributed by atoms with Gasteiger partial charge in [0.25, 0.3) is 0 Å². The van der Waals surface area contributed by atoms with Crippen molar-refractivity contribution in [1.82, 2.24) is 0 Å². The number of nitrogens with zero attached hydrogens (tertiary/aromatic N) is 1. The van der Waals surface area contributed by atoms with Gasteiger partial charge in [0.1, 0.15) is 5.69 Å². The van der Waals surface area contributed by atoms with E-state index in [0.29, 0.717) is 17.8 Å². The highest BCUT2D eigenvalue weighted by Gasteiger charge is 2.16. The molecule has 1 aromatic rings. The lowest BCUT2D eigenvalue weighted by Gasteiger charge is -2.17. The molecule has 0 amide bonds. The van der Waals surface area contributed by atoms with Gasteiger partial charge in [-0.15, -0.1) is 4.91 Å². The molecular formula is C14H20N2O2. The molecule has 1 rings (SSSR count). The van der Waals surface area contributed by atoms with Crippen molar-refractivity contribution in [1.29, 1.82) is 0 Å². The van der Waals surface area contributed by atoms with Crippen LogP contribution in [0.4, 0.5) is 11.4 Å². The Bertz CT molecular complexity index is 501. The molecule has 0 radical (unpaired) electrons. The van der Waals surface area contributed by atoms with E-state index in [-0.39, 0.29) is 0 Å². The van der Waals surface area contributed by atoms with Crippen LogP contribution in [0.15, 0.2) is 16.8 Å². The third-order valence-corrected chi connectivity index (χ3v) is 3.32. The van der Waals surface area contributed by atoms with Gasteiger partial charge in [-0.2, -0.15) is 0 Å².